The Balaban J connectivity index is 3.85. The highest BCUT2D eigenvalue weighted by atomic mass is 32.1. The number of rotatable bonds is 4. The maximum Gasteiger partial charge on any atom is 0.304 e. The number of amides is 1. The van der Waals surface area contributed by atoms with E-state index >= 15 is 0 Å². The molecule has 0 aliphatic carbocycles. The summed E-state index contributed by atoms with van der Waals surface area (Å²) in [7, 11) is 0. The summed E-state index contributed by atoms with van der Waals surface area (Å²) in [5.41, 5.74) is 0. The van der Waals surface area contributed by atoms with Crippen LogP contribution in [-0.2, 0) is 9.59 Å². The number of nitrogens with one attached hydrogen (secondary N) is 1. The minimum Gasteiger partial charge on any atom is -0.481 e. The van der Waals surface area contributed by atoms with Gasteiger partial charge in [0.2, 0.25) is 5.91 Å². The Morgan fingerprint density at radius 2 is 2.00 bits per heavy atom. The van der Waals surface area contributed by atoms with Gasteiger partial charge in [-0.25, -0.2) is 0 Å². The zero-order chi connectivity index (χ0) is 9.72. The van der Waals surface area contributed by atoms with Gasteiger partial charge in [0.1, 0.15) is 0 Å². The average Bonchev–Trinajstić information content (AvgIpc) is 1.84. The van der Waals surface area contributed by atoms with Crippen molar-refractivity contribution in [1.29, 1.82) is 0 Å². The second-order valence-electron chi connectivity index (χ2n) is 2.78. The number of aliphatic carboxylic acids is 1. The molecule has 0 aromatic carbocycles. The van der Waals surface area contributed by atoms with Crippen LogP contribution in [0.1, 0.15) is 20.3 Å². The first-order chi connectivity index (χ1) is 5.43. The number of hydrogen-bond donors (Lipinski definition) is 3. The van der Waals surface area contributed by atoms with Crippen molar-refractivity contribution in [3.8, 4) is 0 Å². The van der Waals surface area contributed by atoms with Crippen LogP contribution in [0.2, 0.25) is 0 Å². The van der Waals surface area contributed by atoms with Crippen molar-refractivity contribution in [2.75, 3.05) is 0 Å². The summed E-state index contributed by atoms with van der Waals surface area (Å²) in [6.07, 6.45) is -0.248. The number of thiol groups is 1. The summed E-state index contributed by atoms with van der Waals surface area (Å²) >= 11 is 3.85. The predicted octanol–water partition coefficient (Wildman–Crippen LogP) is 0.284. The molecule has 0 aliphatic heterocycles. The summed E-state index contributed by atoms with van der Waals surface area (Å²) < 4.78 is 0. The minimum atomic E-state index is -1.02. The van der Waals surface area contributed by atoms with E-state index in [1.165, 1.54) is 0 Å². The van der Waals surface area contributed by atoms with Gasteiger partial charge in [-0.3, -0.25) is 9.59 Å². The molecule has 0 rings (SSSR count). The highest BCUT2D eigenvalue weighted by molar-refractivity contribution is 7.81. The Kier molecular flexibility index (Phi) is 4.73. The lowest BCUT2D eigenvalue weighted by atomic mass is 10.2. The fourth-order valence-electron chi connectivity index (χ4n) is 0.639. The molecule has 0 saturated carbocycles. The number of hydrogen-bond acceptors (Lipinski definition) is 3. The molecule has 0 aliphatic rings. The Morgan fingerprint density at radius 1 is 1.50 bits per heavy atom. The van der Waals surface area contributed by atoms with Crippen LogP contribution in [0.5, 0.6) is 0 Å². The highest BCUT2D eigenvalue weighted by Gasteiger charge is 2.17. The van der Waals surface area contributed by atoms with E-state index < -0.39 is 11.2 Å². The van der Waals surface area contributed by atoms with Crippen molar-refractivity contribution >= 4 is 24.5 Å². The molecule has 0 saturated heterocycles. The number of carbonyl (C=O) groups excluding carboxylic acids is 1. The van der Waals surface area contributed by atoms with Crippen molar-refractivity contribution in [3.05, 3.63) is 0 Å². The van der Waals surface area contributed by atoms with Crippen LogP contribution in [0.25, 0.3) is 0 Å². The molecular weight excluding hydrogens is 178 g/mol. The van der Waals surface area contributed by atoms with Gasteiger partial charge in [0.25, 0.3) is 0 Å². The Hall–Kier alpha value is -0.710. The third-order valence-corrected chi connectivity index (χ3v) is 1.52. The maximum absolute atomic E-state index is 11.0. The van der Waals surface area contributed by atoms with Crippen LogP contribution in [0.4, 0.5) is 0 Å². The summed E-state index contributed by atoms with van der Waals surface area (Å²) in [6, 6.07) is 0.0148. The summed E-state index contributed by atoms with van der Waals surface area (Å²) in [6.45, 7) is 3.61. The second-order valence-corrected chi connectivity index (χ2v) is 3.40. The van der Waals surface area contributed by atoms with Gasteiger partial charge >= 0.3 is 5.97 Å². The third kappa shape index (κ3) is 5.01. The van der Waals surface area contributed by atoms with Crippen molar-refractivity contribution < 1.29 is 14.7 Å². The second kappa shape index (κ2) is 5.03. The molecule has 12 heavy (non-hydrogen) atoms. The van der Waals surface area contributed by atoms with Crippen LogP contribution in [-0.4, -0.2) is 28.3 Å². The molecular formula is C7H13NO3S. The quantitative estimate of drug-likeness (QED) is 0.559. The van der Waals surface area contributed by atoms with E-state index in [-0.39, 0.29) is 18.4 Å². The van der Waals surface area contributed by atoms with Gasteiger partial charge in [-0.15, -0.1) is 0 Å². The van der Waals surface area contributed by atoms with Gasteiger partial charge in [0.05, 0.1) is 11.7 Å². The van der Waals surface area contributed by atoms with E-state index in [0.717, 1.165) is 0 Å². The third-order valence-electron chi connectivity index (χ3n) is 1.10. The number of carboxylic acid groups (broad SMARTS) is 1. The van der Waals surface area contributed by atoms with Crippen LogP contribution in [0, 0.1) is 0 Å². The van der Waals surface area contributed by atoms with E-state index in [4.69, 9.17) is 5.11 Å². The topological polar surface area (TPSA) is 66.4 Å². The standard InChI is InChI=1S/C7H13NO3S/c1-4(2)8-7(11)5(12)3-6(9)10/h4-5,12H,3H2,1-2H3,(H,8,11)(H,9,10). The van der Waals surface area contributed by atoms with E-state index in [2.05, 4.69) is 17.9 Å². The lowest BCUT2D eigenvalue weighted by molar-refractivity contribution is -0.138. The summed E-state index contributed by atoms with van der Waals surface area (Å²) in [5, 5.41) is 10.1. The average molecular weight is 191 g/mol. The monoisotopic (exact) mass is 191 g/mol. The Morgan fingerprint density at radius 3 is 2.33 bits per heavy atom. The van der Waals surface area contributed by atoms with Crippen LogP contribution in [0.15, 0.2) is 0 Å². The van der Waals surface area contributed by atoms with Crippen LogP contribution >= 0.6 is 12.6 Å². The zero-order valence-electron chi connectivity index (χ0n) is 7.07. The van der Waals surface area contributed by atoms with Crippen molar-refractivity contribution in [2.24, 2.45) is 0 Å². The lowest BCUT2D eigenvalue weighted by Gasteiger charge is -2.11. The van der Waals surface area contributed by atoms with Crippen molar-refractivity contribution in [1.82, 2.24) is 5.32 Å². The Bertz CT molecular complexity index is 181. The molecule has 2 N–H and O–H groups in total. The molecule has 70 valence electrons. The maximum atomic E-state index is 11.0. The van der Waals surface area contributed by atoms with Crippen molar-refractivity contribution in [2.45, 2.75) is 31.6 Å². The van der Waals surface area contributed by atoms with E-state index in [1.54, 1.807) is 13.8 Å². The SMILES string of the molecule is CC(C)NC(=O)C(S)CC(=O)O. The van der Waals surface area contributed by atoms with Gasteiger partial charge in [-0.2, -0.15) is 12.6 Å². The first-order valence-electron chi connectivity index (χ1n) is 3.63. The molecule has 4 nitrogen and oxygen atoms in total. The fourth-order valence-corrected chi connectivity index (χ4v) is 0.870. The number of carbonyl (C=O) groups is 2. The molecule has 0 spiro atoms. The van der Waals surface area contributed by atoms with E-state index in [1.807, 2.05) is 0 Å². The van der Waals surface area contributed by atoms with Crippen LogP contribution in [0.3, 0.4) is 0 Å². The first-order valence-corrected chi connectivity index (χ1v) is 4.15. The van der Waals surface area contributed by atoms with Crippen molar-refractivity contribution in [3.63, 3.8) is 0 Å². The normalized spacial score (nSPS) is 12.7. The lowest BCUT2D eigenvalue weighted by Crippen LogP contribution is -2.37. The highest BCUT2D eigenvalue weighted by Crippen LogP contribution is 2.01. The molecule has 0 bridgehead atoms. The number of carboxylic acids is 1. The molecule has 5 heteroatoms. The Labute approximate surface area is 76.8 Å². The van der Waals surface area contributed by atoms with Gasteiger partial charge in [0.15, 0.2) is 0 Å². The van der Waals surface area contributed by atoms with E-state index in [9.17, 15) is 9.59 Å². The van der Waals surface area contributed by atoms with Gasteiger partial charge in [-0.1, -0.05) is 0 Å². The first kappa shape index (κ1) is 11.3. The van der Waals surface area contributed by atoms with Gasteiger partial charge in [0, 0.05) is 6.04 Å². The molecule has 1 unspecified atom stereocenters. The minimum absolute atomic E-state index is 0.0148. The van der Waals surface area contributed by atoms with Gasteiger partial charge in [-0.05, 0) is 13.8 Å². The molecule has 0 heterocycles. The summed E-state index contributed by atoms with van der Waals surface area (Å²) in [4.78, 5) is 21.2. The zero-order valence-corrected chi connectivity index (χ0v) is 7.97. The smallest absolute Gasteiger partial charge is 0.304 e. The van der Waals surface area contributed by atoms with Gasteiger partial charge < -0.3 is 10.4 Å². The fraction of sp³-hybridized carbons (Fsp3) is 0.714. The summed E-state index contributed by atoms with van der Waals surface area (Å²) in [5.74, 6) is -1.36. The molecule has 0 aromatic rings. The predicted molar refractivity (Wildman–Crippen MR) is 48.3 cm³/mol. The molecule has 1 amide bonds. The van der Waals surface area contributed by atoms with E-state index in [0.29, 0.717) is 0 Å². The van der Waals surface area contributed by atoms with Crippen LogP contribution < -0.4 is 5.32 Å². The largest absolute Gasteiger partial charge is 0.481 e. The molecule has 0 aromatic heterocycles. The molecule has 1 atom stereocenters. The molecule has 0 radical (unpaired) electrons. The molecule has 0 fully saturated rings.